The Labute approximate surface area is 289 Å². The summed E-state index contributed by atoms with van der Waals surface area (Å²) in [5, 5.41) is 15.4. The van der Waals surface area contributed by atoms with Crippen LogP contribution in [0.3, 0.4) is 0 Å². The molecule has 5 saturated carbocycles. The Morgan fingerprint density at radius 2 is 1.77 bits per heavy atom. The van der Waals surface area contributed by atoms with Gasteiger partial charge in [0.15, 0.2) is 6.29 Å². The molecule has 13 atom stereocenters. The van der Waals surface area contributed by atoms with Gasteiger partial charge in [0.05, 0.1) is 37.6 Å². The summed E-state index contributed by atoms with van der Waals surface area (Å²) >= 11 is 0. The standard InChI is InChI=1S/C39H65N3O6/c1-10-40-34(45)41(9)20-25-19-24(4)30-31(47-25)32(43)37(8)27-12-11-26-35(5,6)28(48-29-21-42(17-18-46-29)33(44)23(2)3)13-14-38(26)22-39(27,38)16-15-36(30,37)7/h23-32,43H,10-22H2,1-9H3,(H,40,45)/t24-,25-,26+,27+,28+,29+,30+,31+,32+,36-,37-,38-,39+/m1/s1. The number of carbonyl (C=O) groups is 2. The summed E-state index contributed by atoms with van der Waals surface area (Å²) in [4.78, 5) is 28.9. The number of rotatable bonds is 6. The van der Waals surface area contributed by atoms with E-state index in [1.807, 2.05) is 32.7 Å². The van der Waals surface area contributed by atoms with Gasteiger partial charge in [-0.25, -0.2) is 4.79 Å². The van der Waals surface area contributed by atoms with Crippen molar-refractivity contribution in [3.05, 3.63) is 0 Å². The number of carbonyl (C=O) groups excluding carboxylic acids is 2. The van der Waals surface area contributed by atoms with Gasteiger partial charge in [-0.15, -0.1) is 0 Å². The first-order valence-electron chi connectivity index (χ1n) is 19.5. The van der Waals surface area contributed by atoms with Crippen LogP contribution in [0.5, 0.6) is 0 Å². The third kappa shape index (κ3) is 4.74. The Bertz CT molecular complexity index is 1280. The van der Waals surface area contributed by atoms with Crippen LogP contribution in [0.1, 0.15) is 107 Å². The molecular formula is C39H65N3O6. The minimum absolute atomic E-state index is 0.00525. The first kappa shape index (κ1) is 35.0. The van der Waals surface area contributed by atoms with Crippen molar-refractivity contribution in [1.29, 1.82) is 0 Å². The lowest BCUT2D eigenvalue weighted by atomic mass is 9.41. The minimum Gasteiger partial charge on any atom is -0.390 e. The van der Waals surface area contributed by atoms with Crippen LogP contribution >= 0.6 is 0 Å². The molecule has 0 aromatic heterocycles. The number of fused-ring (bicyclic) bond motifs is 4. The fourth-order valence-corrected chi connectivity index (χ4v) is 13.9. The maximum atomic E-state index is 12.8. The van der Waals surface area contributed by atoms with Crippen LogP contribution in [0.4, 0.5) is 4.79 Å². The third-order valence-electron chi connectivity index (χ3n) is 16.1. The Kier molecular flexibility index (Phi) is 8.61. The molecule has 2 N–H and O–H groups in total. The molecule has 0 unspecified atom stereocenters. The van der Waals surface area contributed by atoms with Crippen molar-refractivity contribution in [3.63, 3.8) is 0 Å². The molecule has 2 saturated heterocycles. The quantitative estimate of drug-likeness (QED) is 0.377. The SMILES string of the molecule is CCNC(=O)N(C)C[C@H]1C[C@@H](C)[C@H]2[C@H](O1)[C@H](O)[C@@]1(C)[C@@H]3CC[C@H]4C(C)(C)[C@@H](O[C@H]5CN(C(=O)C(C)C)CCO5)CC[C@@]45C[C@@]35CC[C@]21C. The highest BCUT2D eigenvalue weighted by Gasteiger charge is 2.84. The molecule has 2 spiro atoms. The van der Waals surface area contributed by atoms with E-state index in [-0.39, 0.29) is 64.1 Å². The second-order valence-electron chi connectivity index (χ2n) is 18.7. The van der Waals surface area contributed by atoms with Crippen LogP contribution < -0.4 is 5.32 Å². The summed E-state index contributed by atoms with van der Waals surface area (Å²) in [6.07, 6.45) is 8.15. The van der Waals surface area contributed by atoms with E-state index in [0.29, 0.717) is 61.9 Å². The first-order chi connectivity index (χ1) is 22.6. The van der Waals surface area contributed by atoms with Gasteiger partial charge in [0.1, 0.15) is 0 Å². The van der Waals surface area contributed by atoms with Crippen LogP contribution in [0.15, 0.2) is 0 Å². The number of ether oxygens (including phenoxy) is 3. The van der Waals surface area contributed by atoms with Crippen LogP contribution in [-0.2, 0) is 19.0 Å². The van der Waals surface area contributed by atoms with Gasteiger partial charge in [-0.1, -0.05) is 48.5 Å². The summed E-state index contributed by atoms with van der Waals surface area (Å²) in [7, 11) is 1.85. The Morgan fingerprint density at radius 3 is 2.48 bits per heavy atom. The molecule has 9 heteroatoms. The number of amides is 3. The molecular weight excluding hydrogens is 606 g/mol. The van der Waals surface area contributed by atoms with E-state index in [9.17, 15) is 14.7 Å². The van der Waals surface area contributed by atoms with E-state index < -0.39 is 6.10 Å². The number of nitrogens with one attached hydrogen (secondary N) is 1. The molecule has 0 radical (unpaired) electrons. The normalized spacial score (nSPS) is 48.8. The average Bonchev–Trinajstić information content (AvgIpc) is 3.67. The zero-order valence-corrected chi connectivity index (χ0v) is 31.3. The van der Waals surface area contributed by atoms with Crippen molar-refractivity contribution < 1.29 is 28.9 Å². The number of hydrogen-bond acceptors (Lipinski definition) is 6. The van der Waals surface area contributed by atoms with Crippen LogP contribution in [0.2, 0.25) is 0 Å². The summed E-state index contributed by atoms with van der Waals surface area (Å²) in [6, 6.07) is -0.0642. The number of likely N-dealkylation sites (N-methyl/N-ethyl adjacent to an activating group) is 1. The molecule has 2 aliphatic heterocycles. The topological polar surface area (TPSA) is 101 Å². The van der Waals surface area contributed by atoms with E-state index in [0.717, 1.165) is 25.7 Å². The maximum absolute atomic E-state index is 12.8. The predicted molar refractivity (Wildman–Crippen MR) is 184 cm³/mol. The van der Waals surface area contributed by atoms with Crippen LogP contribution in [0, 0.1) is 56.7 Å². The monoisotopic (exact) mass is 671 g/mol. The fraction of sp³-hybridized carbons (Fsp3) is 0.949. The molecule has 7 fully saturated rings. The smallest absolute Gasteiger partial charge is 0.317 e. The lowest BCUT2D eigenvalue weighted by Crippen LogP contribution is -2.60. The molecule has 2 heterocycles. The largest absolute Gasteiger partial charge is 0.390 e. The highest BCUT2D eigenvalue weighted by atomic mass is 16.7. The fourth-order valence-electron chi connectivity index (χ4n) is 13.9. The average molecular weight is 672 g/mol. The zero-order chi connectivity index (χ0) is 34.6. The zero-order valence-electron chi connectivity index (χ0n) is 31.3. The number of aliphatic hydroxyl groups excluding tert-OH is 1. The second-order valence-corrected chi connectivity index (χ2v) is 18.7. The summed E-state index contributed by atoms with van der Waals surface area (Å²) in [6.45, 7) is 20.9. The number of nitrogens with zero attached hydrogens (tertiary/aromatic N) is 2. The lowest BCUT2D eigenvalue weighted by molar-refractivity contribution is -0.248. The van der Waals surface area contributed by atoms with Crippen molar-refractivity contribution in [2.75, 3.05) is 39.8 Å². The van der Waals surface area contributed by atoms with Crippen LogP contribution in [0.25, 0.3) is 0 Å². The van der Waals surface area contributed by atoms with Crippen molar-refractivity contribution in [2.24, 2.45) is 56.7 Å². The van der Waals surface area contributed by atoms with Crippen molar-refractivity contribution in [1.82, 2.24) is 15.1 Å². The van der Waals surface area contributed by atoms with E-state index in [2.05, 4.69) is 39.9 Å². The summed E-state index contributed by atoms with van der Waals surface area (Å²) in [5.74, 6) is 1.98. The Balaban J connectivity index is 1.09. The van der Waals surface area contributed by atoms with Crippen LogP contribution in [-0.4, -0.2) is 97.4 Å². The van der Waals surface area contributed by atoms with E-state index in [1.165, 1.54) is 25.7 Å². The van der Waals surface area contributed by atoms with Gasteiger partial charge in [-0.2, -0.15) is 0 Å². The van der Waals surface area contributed by atoms with E-state index in [4.69, 9.17) is 14.2 Å². The molecule has 5 aliphatic carbocycles. The van der Waals surface area contributed by atoms with Gasteiger partial charge in [-0.05, 0) is 104 Å². The molecule has 0 aromatic rings. The molecule has 9 nitrogen and oxygen atoms in total. The molecule has 48 heavy (non-hydrogen) atoms. The number of morpholine rings is 1. The lowest BCUT2D eigenvalue weighted by Gasteiger charge is -2.64. The number of urea groups is 1. The molecule has 7 rings (SSSR count). The molecule has 272 valence electrons. The molecule has 0 bridgehead atoms. The van der Waals surface area contributed by atoms with Gasteiger partial charge in [0, 0.05) is 38.0 Å². The van der Waals surface area contributed by atoms with E-state index in [1.54, 1.807) is 4.90 Å². The van der Waals surface area contributed by atoms with E-state index >= 15 is 0 Å². The number of hydrogen-bond donors (Lipinski definition) is 2. The van der Waals surface area contributed by atoms with Crippen molar-refractivity contribution in [2.45, 2.75) is 137 Å². The summed E-state index contributed by atoms with van der Waals surface area (Å²) < 4.78 is 19.8. The Hall–Kier alpha value is -1.42. The predicted octanol–water partition coefficient (Wildman–Crippen LogP) is 5.69. The van der Waals surface area contributed by atoms with Gasteiger partial charge in [-0.3, -0.25) is 4.79 Å². The van der Waals surface area contributed by atoms with Gasteiger partial charge < -0.3 is 34.4 Å². The number of aliphatic hydroxyl groups is 1. The third-order valence-corrected chi connectivity index (χ3v) is 16.1. The van der Waals surface area contributed by atoms with Gasteiger partial charge in [0.2, 0.25) is 5.91 Å². The molecule has 0 aromatic carbocycles. The van der Waals surface area contributed by atoms with Gasteiger partial charge >= 0.3 is 6.03 Å². The van der Waals surface area contributed by atoms with Crippen molar-refractivity contribution in [3.8, 4) is 0 Å². The highest BCUT2D eigenvalue weighted by Crippen LogP contribution is 2.89. The minimum atomic E-state index is -0.503. The highest BCUT2D eigenvalue weighted by molar-refractivity contribution is 5.78. The first-order valence-corrected chi connectivity index (χ1v) is 19.5. The van der Waals surface area contributed by atoms with Gasteiger partial charge in [0.25, 0.3) is 0 Å². The Morgan fingerprint density at radius 1 is 1.06 bits per heavy atom. The molecule has 7 aliphatic rings. The van der Waals surface area contributed by atoms with Crippen molar-refractivity contribution >= 4 is 11.9 Å². The maximum Gasteiger partial charge on any atom is 0.317 e. The second kappa shape index (κ2) is 11.8. The summed E-state index contributed by atoms with van der Waals surface area (Å²) in [5.41, 5.74) is 0.417. The molecule has 3 amide bonds.